The third kappa shape index (κ3) is 4.13. The molecule has 0 aromatic heterocycles. The van der Waals surface area contributed by atoms with Crippen molar-refractivity contribution in [2.45, 2.75) is 19.8 Å². The van der Waals surface area contributed by atoms with Gasteiger partial charge in [-0.3, -0.25) is 9.59 Å². The highest BCUT2D eigenvalue weighted by molar-refractivity contribution is 5.94. The summed E-state index contributed by atoms with van der Waals surface area (Å²) in [5.41, 5.74) is 5.65. The first kappa shape index (κ1) is 12.2. The number of amides is 1. The fourth-order valence-corrected chi connectivity index (χ4v) is 1.22. The van der Waals surface area contributed by atoms with Gasteiger partial charge in [0.1, 0.15) is 5.75 Å². The lowest BCUT2D eigenvalue weighted by Crippen LogP contribution is -2.11. The van der Waals surface area contributed by atoms with Gasteiger partial charge in [-0.25, -0.2) is 0 Å². The molecule has 86 valence electrons. The molecule has 0 aliphatic heterocycles. The largest absolute Gasteiger partial charge is 0.494 e. The number of primary amides is 1. The van der Waals surface area contributed by atoms with Crippen molar-refractivity contribution >= 4 is 11.7 Å². The molecule has 0 fully saturated rings. The third-order valence-corrected chi connectivity index (χ3v) is 2.10. The van der Waals surface area contributed by atoms with Gasteiger partial charge >= 0.3 is 0 Å². The van der Waals surface area contributed by atoms with Gasteiger partial charge in [0.15, 0.2) is 5.78 Å². The molecular weight excluding hydrogens is 206 g/mol. The van der Waals surface area contributed by atoms with Gasteiger partial charge in [-0.1, -0.05) is 0 Å². The topological polar surface area (TPSA) is 69.4 Å². The number of carbonyl (C=O) groups is 2. The molecule has 4 nitrogen and oxygen atoms in total. The summed E-state index contributed by atoms with van der Waals surface area (Å²) in [7, 11) is 0. The molecule has 1 aromatic rings. The first-order chi connectivity index (χ1) is 7.59. The summed E-state index contributed by atoms with van der Waals surface area (Å²) in [6, 6.07) is 6.90. The molecule has 0 atom stereocenters. The van der Waals surface area contributed by atoms with Crippen molar-refractivity contribution in [3.05, 3.63) is 29.8 Å². The number of benzene rings is 1. The van der Waals surface area contributed by atoms with Crippen LogP contribution < -0.4 is 10.5 Å². The van der Waals surface area contributed by atoms with Gasteiger partial charge in [0, 0.05) is 12.0 Å². The van der Waals surface area contributed by atoms with Gasteiger partial charge in [0.05, 0.1) is 6.61 Å². The first-order valence-electron chi connectivity index (χ1n) is 5.11. The summed E-state index contributed by atoms with van der Waals surface area (Å²) in [5.74, 6) is 0.394. The molecule has 0 aliphatic carbocycles. The second-order valence-corrected chi connectivity index (χ2v) is 3.50. The lowest BCUT2D eigenvalue weighted by atomic mass is 10.1. The maximum absolute atomic E-state index is 11.0. The monoisotopic (exact) mass is 221 g/mol. The molecule has 16 heavy (non-hydrogen) atoms. The second-order valence-electron chi connectivity index (χ2n) is 3.50. The summed E-state index contributed by atoms with van der Waals surface area (Å²) in [6.45, 7) is 1.96. The number of nitrogens with two attached hydrogens (primary N) is 1. The van der Waals surface area contributed by atoms with Crippen molar-refractivity contribution in [1.82, 2.24) is 0 Å². The molecule has 1 amide bonds. The maximum Gasteiger partial charge on any atom is 0.217 e. The zero-order chi connectivity index (χ0) is 12.0. The number of carbonyl (C=O) groups excluding carboxylic acids is 2. The smallest absolute Gasteiger partial charge is 0.217 e. The van der Waals surface area contributed by atoms with Crippen LogP contribution in [0, 0.1) is 0 Å². The van der Waals surface area contributed by atoms with Gasteiger partial charge in [0.2, 0.25) is 5.91 Å². The minimum Gasteiger partial charge on any atom is -0.494 e. The highest BCUT2D eigenvalue weighted by atomic mass is 16.5. The Balaban J connectivity index is 2.38. The Labute approximate surface area is 94.4 Å². The van der Waals surface area contributed by atoms with Crippen LogP contribution >= 0.6 is 0 Å². The first-order valence-corrected chi connectivity index (χ1v) is 5.11. The molecule has 1 rings (SSSR count). The van der Waals surface area contributed by atoms with E-state index in [0.29, 0.717) is 30.8 Å². The van der Waals surface area contributed by atoms with E-state index >= 15 is 0 Å². The molecule has 0 heterocycles. The molecule has 4 heteroatoms. The van der Waals surface area contributed by atoms with Crippen LogP contribution in [0.4, 0.5) is 0 Å². The predicted molar refractivity (Wildman–Crippen MR) is 60.4 cm³/mol. The summed E-state index contributed by atoms with van der Waals surface area (Å²) in [5, 5.41) is 0. The zero-order valence-corrected chi connectivity index (χ0v) is 9.23. The van der Waals surface area contributed by atoms with E-state index in [-0.39, 0.29) is 11.7 Å². The summed E-state index contributed by atoms with van der Waals surface area (Å²) < 4.78 is 5.37. The lowest BCUT2D eigenvalue weighted by molar-refractivity contribution is -0.118. The predicted octanol–water partition coefficient (Wildman–Crippen LogP) is 1.53. The van der Waals surface area contributed by atoms with Crippen molar-refractivity contribution in [1.29, 1.82) is 0 Å². The van der Waals surface area contributed by atoms with Crippen molar-refractivity contribution in [3.63, 3.8) is 0 Å². The SMILES string of the molecule is CC(=O)c1ccc(OCCCC(N)=O)cc1. The minimum atomic E-state index is -0.324. The molecule has 1 aromatic carbocycles. The van der Waals surface area contributed by atoms with E-state index < -0.39 is 0 Å². The average Bonchev–Trinajstić information content (AvgIpc) is 2.25. The molecular formula is C12H15NO3. The van der Waals surface area contributed by atoms with Gasteiger partial charge in [-0.2, -0.15) is 0 Å². The van der Waals surface area contributed by atoms with Crippen LogP contribution in [0.25, 0.3) is 0 Å². The Morgan fingerprint density at radius 1 is 1.25 bits per heavy atom. The molecule has 2 N–H and O–H groups in total. The quantitative estimate of drug-likeness (QED) is 0.585. The fourth-order valence-electron chi connectivity index (χ4n) is 1.22. The Kier molecular flexibility index (Phi) is 4.51. The number of ketones is 1. The maximum atomic E-state index is 11.0. The van der Waals surface area contributed by atoms with Crippen LogP contribution in [0.3, 0.4) is 0 Å². The van der Waals surface area contributed by atoms with E-state index in [1.54, 1.807) is 24.3 Å². The van der Waals surface area contributed by atoms with Gasteiger partial charge < -0.3 is 10.5 Å². The number of Topliss-reactive ketones (excluding diaryl/α,β-unsaturated/α-hetero) is 1. The summed E-state index contributed by atoms with van der Waals surface area (Å²) in [6.07, 6.45) is 0.926. The molecule has 0 radical (unpaired) electrons. The van der Waals surface area contributed by atoms with Crippen molar-refractivity contribution < 1.29 is 14.3 Å². The van der Waals surface area contributed by atoms with Gasteiger partial charge in [-0.15, -0.1) is 0 Å². The van der Waals surface area contributed by atoms with Crippen molar-refractivity contribution in [2.75, 3.05) is 6.61 Å². The van der Waals surface area contributed by atoms with Crippen molar-refractivity contribution in [2.24, 2.45) is 5.73 Å². The van der Waals surface area contributed by atoms with Crippen LogP contribution in [0.2, 0.25) is 0 Å². The Hall–Kier alpha value is -1.84. The Bertz CT molecular complexity index is 370. The molecule has 0 unspecified atom stereocenters. The summed E-state index contributed by atoms with van der Waals surface area (Å²) in [4.78, 5) is 21.5. The highest BCUT2D eigenvalue weighted by Gasteiger charge is 2.00. The van der Waals surface area contributed by atoms with Gasteiger partial charge in [0.25, 0.3) is 0 Å². The summed E-state index contributed by atoms with van der Waals surface area (Å²) >= 11 is 0. The van der Waals surface area contributed by atoms with E-state index in [2.05, 4.69) is 0 Å². The average molecular weight is 221 g/mol. The molecule has 0 saturated carbocycles. The van der Waals surface area contributed by atoms with Crippen LogP contribution in [0.5, 0.6) is 5.75 Å². The number of hydrogen-bond donors (Lipinski definition) is 1. The number of ether oxygens (including phenoxy) is 1. The van der Waals surface area contributed by atoms with Crippen molar-refractivity contribution in [3.8, 4) is 5.75 Å². The lowest BCUT2D eigenvalue weighted by Gasteiger charge is -2.05. The number of hydrogen-bond acceptors (Lipinski definition) is 3. The van der Waals surface area contributed by atoms with E-state index in [1.165, 1.54) is 6.92 Å². The minimum absolute atomic E-state index is 0.0280. The second kappa shape index (κ2) is 5.90. The Morgan fingerprint density at radius 3 is 2.38 bits per heavy atom. The molecule has 0 aliphatic rings. The molecule has 0 spiro atoms. The van der Waals surface area contributed by atoms with Crippen LogP contribution in [0.1, 0.15) is 30.1 Å². The zero-order valence-electron chi connectivity index (χ0n) is 9.23. The molecule has 0 bridgehead atoms. The standard InChI is InChI=1S/C12H15NO3/c1-9(14)10-4-6-11(7-5-10)16-8-2-3-12(13)15/h4-7H,2-3,8H2,1H3,(H2,13,15). The highest BCUT2D eigenvalue weighted by Crippen LogP contribution is 2.12. The Morgan fingerprint density at radius 2 is 1.88 bits per heavy atom. The fraction of sp³-hybridized carbons (Fsp3) is 0.333. The van der Waals surface area contributed by atoms with Crippen LogP contribution in [-0.4, -0.2) is 18.3 Å². The van der Waals surface area contributed by atoms with E-state index in [4.69, 9.17) is 10.5 Å². The molecule has 0 saturated heterocycles. The van der Waals surface area contributed by atoms with E-state index in [1.807, 2.05) is 0 Å². The van der Waals surface area contributed by atoms with Gasteiger partial charge in [-0.05, 0) is 37.6 Å². The number of rotatable bonds is 6. The van der Waals surface area contributed by atoms with E-state index in [0.717, 1.165) is 0 Å². The van der Waals surface area contributed by atoms with Crippen LogP contribution in [0.15, 0.2) is 24.3 Å². The van der Waals surface area contributed by atoms with Crippen LogP contribution in [-0.2, 0) is 4.79 Å². The third-order valence-electron chi connectivity index (χ3n) is 2.10. The normalized spacial score (nSPS) is 9.81. The van der Waals surface area contributed by atoms with E-state index in [9.17, 15) is 9.59 Å².